The molecule has 9 heteroatoms. The minimum atomic E-state index is -4.65. The predicted molar refractivity (Wildman–Crippen MR) is 97.2 cm³/mol. The average Bonchev–Trinajstić information content (AvgIpc) is 2.76. The number of hydrogen-bond donors (Lipinski definition) is 0. The van der Waals surface area contributed by atoms with Crippen LogP contribution >= 0.6 is 0 Å². The standard InChI is InChI=1S/C20H15F3N2O4/c1-11(26)25-16-9-8-14(20(21,22)23)10-15(16)17(13-6-4-3-5-7-13)24-18(19(25)28)29-12(2)27/h3-10,18H,1-2H3. The number of alkyl halides is 3. The SMILES string of the molecule is CC(=O)OC1N=C(c2ccccc2)c2cc(C(F)(F)F)ccc2N(C(C)=O)C1=O. The smallest absolute Gasteiger partial charge is 0.416 e. The number of anilines is 1. The molecule has 0 fully saturated rings. The second-order valence-electron chi connectivity index (χ2n) is 6.23. The van der Waals surface area contributed by atoms with Crippen LogP contribution in [0.2, 0.25) is 0 Å². The number of hydrogen-bond acceptors (Lipinski definition) is 5. The van der Waals surface area contributed by atoms with E-state index in [2.05, 4.69) is 4.99 Å². The number of ether oxygens (including phenoxy) is 1. The lowest BCUT2D eigenvalue weighted by molar-refractivity contribution is -0.152. The van der Waals surface area contributed by atoms with Crippen LogP contribution < -0.4 is 4.90 Å². The maximum absolute atomic E-state index is 13.3. The number of carbonyl (C=O) groups excluding carboxylic acids is 3. The Morgan fingerprint density at radius 2 is 1.72 bits per heavy atom. The van der Waals surface area contributed by atoms with E-state index in [1.165, 1.54) is 0 Å². The molecule has 0 aromatic heterocycles. The average molecular weight is 404 g/mol. The van der Waals surface area contributed by atoms with Gasteiger partial charge in [-0.05, 0) is 18.2 Å². The van der Waals surface area contributed by atoms with Gasteiger partial charge in [-0.2, -0.15) is 13.2 Å². The molecule has 2 amide bonds. The van der Waals surface area contributed by atoms with Crippen molar-refractivity contribution in [2.24, 2.45) is 4.99 Å². The molecule has 0 radical (unpaired) electrons. The fourth-order valence-corrected chi connectivity index (χ4v) is 2.95. The number of aliphatic imine (C=N–C) groups is 1. The first-order valence-electron chi connectivity index (χ1n) is 8.46. The number of carbonyl (C=O) groups is 3. The summed E-state index contributed by atoms with van der Waals surface area (Å²) in [4.78, 5) is 41.3. The number of fused-ring (bicyclic) bond motifs is 1. The Morgan fingerprint density at radius 1 is 1.07 bits per heavy atom. The van der Waals surface area contributed by atoms with Crippen molar-refractivity contribution in [3.05, 3.63) is 65.2 Å². The maximum atomic E-state index is 13.3. The van der Waals surface area contributed by atoms with Crippen molar-refractivity contribution >= 4 is 29.2 Å². The molecule has 0 N–H and O–H groups in total. The lowest BCUT2D eigenvalue weighted by atomic mass is 9.98. The minimum absolute atomic E-state index is 0.00458. The number of esters is 1. The van der Waals surface area contributed by atoms with Crippen molar-refractivity contribution in [2.75, 3.05) is 4.90 Å². The Kier molecular flexibility index (Phi) is 5.23. The Morgan fingerprint density at radius 3 is 2.28 bits per heavy atom. The molecule has 0 saturated heterocycles. The van der Waals surface area contributed by atoms with Crippen LogP contribution in [0.25, 0.3) is 0 Å². The van der Waals surface area contributed by atoms with E-state index < -0.39 is 35.8 Å². The molecule has 0 saturated carbocycles. The lowest BCUT2D eigenvalue weighted by Crippen LogP contribution is -2.42. The monoisotopic (exact) mass is 404 g/mol. The summed E-state index contributed by atoms with van der Waals surface area (Å²) in [5, 5.41) is 0. The molecule has 2 aromatic carbocycles. The van der Waals surface area contributed by atoms with E-state index in [4.69, 9.17) is 4.74 Å². The molecule has 1 unspecified atom stereocenters. The molecule has 6 nitrogen and oxygen atoms in total. The van der Waals surface area contributed by atoms with Gasteiger partial charge in [-0.15, -0.1) is 0 Å². The van der Waals surface area contributed by atoms with Gasteiger partial charge in [-0.1, -0.05) is 30.3 Å². The molecule has 1 atom stereocenters. The van der Waals surface area contributed by atoms with Crippen molar-refractivity contribution in [3.8, 4) is 0 Å². The fourth-order valence-electron chi connectivity index (χ4n) is 2.95. The third-order valence-electron chi connectivity index (χ3n) is 4.14. The van der Waals surface area contributed by atoms with Crippen LogP contribution in [0.5, 0.6) is 0 Å². The third kappa shape index (κ3) is 4.03. The highest BCUT2D eigenvalue weighted by Gasteiger charge is 2.38. The molecule has 0 spiro atoms. The zero-order chi connectivity index (χ0) is 21.3. The van der Waals surface area contributed by atoms with Gasteiger partial charge in [-0.25, -0.2) is 9.89 Å². The van der Waals surface area contributed by atoms with Gasteiger partial charge in [0, 0.05) is 25.0 Å². The van der Waals surface area contributed by atoms with E-state index in [1.54, 1.807) is 30.3 Å². The topological polar surface area (TPSA) is 76.0 Å². The first-order chi connectivity index (χ1) is 13.6. The number of benzodiazepines with no additional fused rings is 1. The van der Waals surface area contributed by atoms with Gasteiger partial charge in [0.15, 0.2) is 0 Å². The second kappa shape index (κ2) is 7.50. The quantitative estimate of drug-likeness (QED) is 0.720. The van der Waals surface area contributed by atoms with Crippen LogP contribution in [0.4, 0.5) is 18.9 Å². The van der Waals surface area contributed by atoms with E-state index in [9.17, 15) is 27.6 Å². The molecule has 1 heterocycles. The van der Waals surface area contributed by atoms with E-state index in [-0.39, 0.29) is 17.0 Å². The molecule has 29 heavy (non-hydrogen) atoms. The number of nitrogens with zero attached hydrogens (tertiary/aromatic N) is 2. The summed E-state index contributed by atoms with van der Waals surface area (Å²) >= 11 is 0. The van der Waals surface area contributed by atoms with Crippen molar-refractivity contribution in [2.45, 2.75) is 26.3 Å². The second-order valence-corrected chi connectivity index (χ2v) is 6.23. The van der Waals surface area contributed by atoms with Crippen LogP contribution in [0.3, 0.4) is 0 Å². The van der Waals surface area contributed by atoms with Crippen LogP contribution in [0.15, 0.2) is 53.5 Å². The Balaban J connectivity index is 2.33. The molecule has 1 aliphatic heterocycles. The molecule has 1 aliphatic rings. The zero-order valence-electron chi connectivity index (χ0n) is 15.4. The Hall–Kier alpha value is -3.49. The van der Waals surface area contributed by atoms with Crippen LogP contribution in [-0.2, 0) is 25.3 Å². The molecule has 0 aliphatic carbocycles. The Labute approximate surface area is 163 Å². The first kappa shape index (κ1) is 20.2. The first-order valence-corrected chi connectivity index (χ1v) is 8.46. The number of halogens is 3. The summed E-state index contributed by atoms with van der Waals surface area (Å²) in [7, 11) is 0. The van der Waals surface area contributed by atoms with E-state index in [0.29, 0.717) is 10.5 Å². The fraction of sp³-hybridized carbons (Fsp3) is 0.200. The molecule has 0 bridgehead atoms. The van der Waals surface area contributed by atoms with Gasteiger partial charge in [0.2, 0.25) is 5.91 Å². The van der Waals surface area contributed by atoms with Gasteiger partial charge in [0.1, 0.15) is 0 Å². The zero-order valence-corrected chi connectivity index (χ0v) is 15.4. The Bertz CT molecular complexity index is 1020. The predicted octanol–water partition coefficient (Wildman–Crippen LogP) is 3.33. The maximum Gasteiger partial charge on any atom is 0.416 e. The van der Waals surface area contributed by atoms with Gasteiger partial charge in [-0.3, -0.25) is 14.4 Å². The number of rotatable bonds is 2. The summed E-state index contributed by atoms with van der Waals surface area (Å²) in [6.45, 7) is 2.14. The highest BCUT2D eigenvalue weighted by atomic mass is 19.4. The van der Waals surface area contributed by atoms with Crippen LogP contribution in [0.1, 0.15) is 30.5 Å². The third-order valence-corrected chi connectivity index (χ3v) is 4.14. The molecule has 3 rings (SSSR count). The van der Waals surface area contributed by atoms with E-state index in [0.717, 1.165) is 32.0 Å². The normalized spacial score (nSPS) is 16.6. The van der Waals surface area contributed by atoms with Crippen LogP contribution in [0, 0.1) is 0 Å². The minimum Gasteiger partial charge on any atom is -0.430 e. The largest absolute Gasteiger partial charge is 0.430 e. The van der Waals surface area contributed by atoms with Gasteiger partial charge in [0.25, 0.3) is 12.1 Å². The molecule has 150 valence electrons. The summed E-state index contributed by atoms with van der Waals surface area (Å²) < 4.78 is 44.9. The van der Waals surface area contributed by atoms with Crippen molar-refractivity contribution in [3.63, 3.8) is 0 Å². The summed E-state index contributed by atoms with van der Waals surface area (Å²) in [5.74, 6) is -2.55. The number of imide groups is 1. The van der Waals surface area contributed by atoms with Crippen molar-refractivity contribution < 1.29 is 32.3 Å². The van der Waals surface area contributed by atoms with Crippen LogP contribution in [-0.4, -0.2) is 29.7 Å². The molecular formula is C20H15F3N2O4. The molecule has 2 aromatic rings. The highest BCUT2D eigenvalue weighted by Crippen LogP contribution is 2.36. The van der Waals surface area contributed by atoms with Crippen molar-refractivity contribution in [1.82, 2.24) is 0 Å². The molecular weight excluding hydrogens is 389 g/mol. The summed E-state index contributed by atoms with van der Waals surface area (Å²) in [6, 6.07) is 10.8. The number of amides is 2. The van der Waals surface area contributed by atoms with Gasteiger partial charge >= 0.3 is 12.1 Å². The highest BCUT2D eigenvalue weighted by molar-refractivity contribution is 6.25. The summed E-state index contributed by atoms with van der Waals surface area (Å²) in [5.41, 5.74) is -0.739. The van der Waals surface area contributed by atoms with Gasteiger partial charge < -0.3 is 4.74 Å². The van der Waals surface area contributed by atoms with Gasteiger partial charge in [0.05, 0.1) is 17.0 Å². The summed E-state index contributed by atoms with van der Waals surface area (Å²) in [6.07, 6.45) is -6.36. The van der Waals surface area contributed by atoms with E-state index >= 15 is 0 Å². The lowest BCUT2D eigenvalue weighted by Gasteiger charge is -2.22. The van der Waals surface area contributed by atoms with E-state index in [1.807, 2.05) is 0 Å². The number of benzene rings is 2. The van der Waals surface area contributed by atoms with Crippen molar-refractivity contribution in [1.29, 1.82) is 0 Å².